The Labute approximate surface area is 68.3 Å². The van der Waals surface area contributed by atoms with Crippen LogP contribution in [0.3, 0.4) is 0 Å². The summed E-state index contributed by atoms with van der Waals surface area (Å²) in [4.78, 5) is 4.10. The van der Waals surface area contributed by atoms with Crippen molar-refractivity contribution >= 4 is 11.3 Å². The minimum absolute atomic E-state index is 0.422. The molecule has 1 saturated heterocycles. The van der Waals surface area contributed by atoms with Crippen LogP contribution in [0.1, 0.15) is 5.01 Å². The average Bonchev–Trinajstić information content (AvgIpc) is 2.39. The fourth-order valence-electron chi connectivity index (χ4n) is 1.00. The molecular weight excluding hydrogens is 160 g/mol. The van der Waals surface area contributed by atoms with Crippen molar-refractivity contribution in [2.24, 2.45) is 0 Å². The van der Waals surface area contributed by atoms with Gasteiger partial charge in [-0.3, -0.25) is 0 Å². The van der Waals surface area contributed by atoms with Crippen molar-refractivity contribution in [3.8, 4) is 6.07 Å². The van der Waals surface area contributed by atoms with E-state index in [1.54, 1.807) is 6.20 Å². The minimum Gasteiger partial charge on any atom is -0.377 e. The highest BCUT2D eigenvalue weighted by atomic mass is 32.1. The summed E-state index contributed by atoms with van der Waals surface area (Å²) in [5.41, 5.74) is -0.422. The van der Waals surface area contributed by atoms with E-state index in [1.807, 2.05) is 5.38 Å². The van der Waals surface area contributed by atoms with E-state index in [0.29, 0.717) is 13.2 Å². The number of aromatic nitrogens is 1. The van der Waals surface area contributed by atoms with Crippen molar-refractivity contribution in [1.82, 2.24) is 4.98 Å². The first-order valence-electron chi connectivity index (χ1n) is 3.26. The fourth-order valence-corrected chi connectivity index (χ4v) is 1.76. The molecular formula is C7H6N2OS. The molecule has 4 heteroatoms. The topological polar surface area (TPSA) is 45.9 Å². The third kappa shape index (κ3) is 0.854. The van der Waals surface area contributed by atoms with Crippen molar-refractivity contribution in [3.05, 3.63) is 16.6 Å². The maximum atomic E-state index is 8.84. The lowest BCUT2D eigenvalue weighted by atomic mass is 9.89. The van der Waals surface area contributed by atoms with E-state index in [0.717, 1.165) is 5.01 Å². The Bertz CT molecular complexity index is 284. The number of thiazole rings is 1. The maximum absolute atomic E-state index is 8.84. The average molecular weight is 166 g/mol. The summed E-state index contributed by atoms with van der Waals surface area (Å²) in [7, 11) is 0. The second kappa shape index (κ2) is 2.29. The first-order valence-corrected chi connectivity index (χ1v) is 4.14. The highest BCUT2D eigenvalue weighted by Crippen LogP contribution is 2.32. The van der Waals surface area contributed by atoms with E-state index < -0.39 is 5.41 Å². The van der Waals surface area contributed by atoms with Gasteiger partial charge in [0.25, 0.3) is 0 Å². The van der Waals surface area contributed by atoms with Gasteiger partial charge in [0.05, 0.1) is 19.3 Å². The van der Waals surface area contributed by atoms with Crippen molar-refractivity contribution < 1.29 is 4.74 Å². The van der Waals surface area contributed by atoms with E-state index >= 15 is 0 Å². The van der Waals surface area contributed by atoms with Crippen LogP contribution in [0.5, 0.6) is 0 Å². The van der Waals surface area contributed by atoms with Crippen LogP contribution in [0.15, 0.2) is 11.6 Å². The Morgan fingerprint density at radius 3 is 2.91 bits per heavy atom. The van der Waals surface area contributed by atoms with Crippen LogP contribution in [-0.2, 0) is 10.2 Å². The van der Waals surface area contributed by atoms with Crippen molar-refractivity contribution in [3.63, 3.8) is 0 Å². The molecule has 3 nitrogen and oxygen atoms in total. The molecule has 0 N–H and O–H groups in total. The van der Waals surface area contributed by atoms with Gasteiger partial charge in [0.1, 0.15) is 5.01 Å². The van der Waals surface area contributed by atoms with Crippen LogP contribution in [-0.4, -0.2) is 18.2 Å². The molecule has 0 atom stereocenters. The molecule has 2 rings (SSSR count). The molecule has 0 unspecified atom stereocenters. The monoisotopic (exact) mass is 166 g/mol. The highest BCUT2D eigenvalue weighted by Gasteiger charge is 2.43. The molecule has 2 heterocycles. The van der Waals surface area contributed by atoms with Gasteiger partial charge in [-0.05, 0) is 0 Å². The van der Waals surface area contributed by atoms with Gasteiger partial charge in [0.2, 0.25) is 0 Å². The minimum atomic E-state index is -0.422. The lowest BCUT2D eigenvalue weighted by molar-refractivity contribution is -0.0298. The van der Waals surface area contributed by atoms with Crippen LogP contribution in [0.2, 0.25) is 0 Å². The first-order chi connectivity index (χ1) is 5.37. The zero-order valence-corrected chi connectivity index (χ0v) is 6.60. The Balaban J connectivity index is 2.34. The molecule has 0 aliphatic carbocycles. The molecule has 1 aromatic heterocycles. The third-order valence-corrected chi connectivity index (χ3v) is 2.73. The molecule has 0 bridgehead atoms. The van der Waals surface area contributed by atoms with Crippen molar-refractivity contribution in [1.29, 1.82) is 5.26 Å². The molecule has 1 aliphatic heterocycles. The zero-order chi connectivity index (χ0) is 7.73. The zero-order valence-electron chi connectivity index (χ0n) is 5.78. The van der Waals surface area contributed by atoms with Gasteiger partial charge in [-0.2, -0.15) is 5.26 Å². The van der Waals surface area contributed by atoms with E-state index in [4.69, 9.17) is 10.00 Å². The predicted octanol–water partition coefficient (Wildman–Crippen LogP) is 0.935. The van der Waals surface area contributed by atoms with Crippen LogP contribution in [0, 0.1) is 11.3 Å². The highest BCUT2D eigenvalue weighted by molar-refractivity contribution is 7.09. The smallest absolute Gasteiger partial charge is 0.155 e. The van der Waals surface area contributed by atoms with Crippen molar-refractivity contribution in [2.75, 3.05) is 13.2 Å². The predicted molar refractivity (Wildman–Crippen MR) is 40.2 cm³/mol. The summed E-state index contributed by atoms with van der Waals surface area (Å²) < 4.78 is 5.00. The fraction of sp³-hybridized carbons (Fsp3) is 0.429. The summed E-state index contributed by atoms with van der Waals surface area (Å²) in [6.45, 7) is 0.994. The van der Waals surface area contributed by atoms with Gasteiger partial charge in [0, 0.05) is 11.6 Å². The Kier molecular flexibility index (Phi) is 1.41. The van der Waals surface area contributed by atoms with Gasteiger partial charge < -0.3 is 4.74 Å². The lowest BCUT2D eigenvalue weighted by Crippen LogP contribution is -2.45. The molecule has 0 saturated carbocycles. The molecule has 56 valence electrons. The van der Waals surface area contributed by atoms with Gasteiger partial charge >= 0.3 is 0 Å². The summed E-state index contributed by atoms with van der Waals surface area (Å²) >= 11 is 1.52. The molecule has 11 heavy (non-hydrogen) atoms. The number of rotatable bonds is 1. The van der Waals surface area contributed by atoms with Crippen LogP contribution in [0.25, 0.3) is 0 Å². The van der Waals surface area contributed by atoms with Crippen LogP contribution < -0.4 is 0 Å². The normalized spacial score (nSPS) is 20.3. The third-order valence-electron chi connectivity index (χ3n) is 1.75. The number of nitrogens with zero attached hydrogens (tertiary/aromatic N) is 2. The van der Waals surface area contributed by atoms with Gasteiger partial charge in [0.15, 0.2) is 5.41 Å². The van der Waals surface area contributed by atoms with E-state index in [-0.39, 0.29) is 0 Å². The van der Waals surface area contributed by atoms with Crippen LogP contribution in [0.4, 0.5) is 0 Å². The Hall–Kier alpha value is -0.920. The molecule has 1 fully saturated rings. The van der Waals surface area contributed by atoms with E-state index in [9.17, 15) is 0 Å². The Morgan fingerprint density at radius 2 is 2.55 bits per heavy atom. The second-order valence-corrected chi connectivity index (χ2v) is 3.42. The largest absolute Gasteiger partial charge is 0.377 e. The molecule has 0 radical (unpaired) electrons. The molecule has 0 amide bonds. The van der Waals surface area contributed by atoms with E-state index in [2.05, 4.69) is 11.1 Å². The SMILES string of the molecule is N#CC1(c2nccs2)COC1. The molecule has 1 aromatic rings. The summed E-state index contributed by atoms with van der Waals surface area (Å²) in [5, 5.41) is 11.6. The maximum Gasteiger partial charge on any atom is 0.155 e. The molecule has 0 aromatic carbocycles. The first kappa shape index (κ1) is 6.77. The summed E-state index contributed by atoms with van der Waals surface area (Å²) in [5.74, 6) is 0. The van der Waals surface area contributed by atoms with Gasteiger partial charge in [-0.1, -0.05) is 0 Å². The second-order valence-electron chi connectivity index (χ2n) is 2.52. The number of nitriles is 1. The van der Waals surface area contributed by atoms with Crippen molar-refractivity contribution in [2.45, 2.75) is 5.41 Å². The number of hydrogen-bond acceptors (Lipinski definition) is 4. The van der Waals surface area contributed by atoms with Gasteiger partial charge in [-0.25, -0.2) is 4.98 Å². The summed E-state index contributed by atoms with van der Waals surface area (Å²) in [6, 6.07) is 2.24. The molecule has 1 aliphatic rings. The lowest BCUT2D eigenvalue weighted by Gasteiger charge is -2.32. The van der Waals surface area contributed by atoms with Gasteiger partial charge in [-0.15, -0.1) is 11.3 Å². The standard InChI is InChI=1S/C7H6N2OS/c8-3-7(4-10-5-7)6-9-1-2-11-6/h1-2H,4-5H2. The Morgan fingerprint density at radius 1 is 1.73 bits per heavy atom. The summed E-state index contributed by atoms with van der Waals surface area (Å²) in [6.07, 6.45) is 1.72. The van der Waals surface area contributed by atoms with E-state index in [1.165, 1.54) is 11.3 Å². The molecule has 0 spiro atoms. The quantitative estimate of drug-likeness (QED) is 0.623. The van der Waals surface area contributed by atoms with Crippen LogP contribution >= 0.6 is 11.3 Å². The number of hydrogen-bond donors (Lipinski definition) is 0. The number of ether oxygens (including phenoxy) is 1.